The number of hydrogen-bond acceptors (Lipinski definition) is 3. The van der Waals surface area contributed by atoms with E-state index in [1.54, 1.807) is 0 Å². The summed E-state index contributed by atoms with van der Waals surface area (Å²) in [6.45, 7) is 8.81. The maximum atomic E-state index is 9.74. The van der Waals surface area contributed by atoms with E-state index >= 15 is 0 Å². The molecular formula is C23H34IN3O2. The minimum Gasteiger partial charge on any atom is -0.396 e. The molecule has 0 fully saturated rings. The van der Waals surface area contributed by atoms with E-state index in [1.165, 1.54) is 0 Å². The van der Waals surface area contributed by atoms with Crippen molar-refractivity contribution >= 4 is 29.9 Å². The van der Waals surface area contributed by atoms with Crippen molar-refractivity contribution in [2.75, 3.05) is 19.7 Å². The Bertz CT molecular complexity index is 723. The lowest BCUT2D eigenvalue weighted by molar-refractivity contribution is 0.0657. The van der Waals surface area contributed by atoms with E-state index in [0.29, 0.717) is 19.7 Å². The van der Waals surface area contributed by atoms with Crippen LogP contribution < -0.4 is 10.6 Å². The molecule has 0 saturated carbocycles. The van der Waals surface area contributed by atoms with E-state index in [9.17, 15) is 5.11 Å². The molecule has 3 N–H and O–H groups in total. The van der Waals surface area contributed by atoms with Gasteiger partial charge < -0.3 is 20.5 Å². The van der Waals surface area contributed by atoms with Crippen molar-refractivity contribution in [3.63, 3.8) is 0 Å². The number of rotatable bonds is 10. The Hall–Kier alpha value is -1.64. The van der Waals surface area contributed by atoms with Gasteiger partial charge in [-0.05, 0) is 37.5 Å². The average molecular weight is 511 g/mol. The first-order valence-corrected chi connectivity index (χ1v) is 9.99. The van der Waals surface area contributed by atoms with Crippen LogP contribution >= 0.6 is 24.0 Å². The van der Waals surface area contributed by atoms with Crippen LogP contribution in [-0.2, 0) is 17.9 Å². The van der Waals surface area contributed by atoms with Gasteiger partial charge in [-0.2, -0.15) is 0 Å². The summed E-state index contributed by atoms with van der Waals surface area (Å²) in [6.07, 6.45) is 0.218. The molecule has 5 nitrogen and oxygen atoms in total. The zero-order chi connectivity index (χ0) is 20.2. The Kier molecular flexibility index (Phi) is 12.6. The molecule has 0 aliphatic carbocycles. The highest BCUT2D eigenvalue weighted by Crippen LogP contribution is 2.13. The van der Waals surface area contributed by atoms with Crippen LogP contribution in [0.15, 0.2) is 59.6 Å². The first-order chi connectivity index (χ1) is 13.6. The van der Waals surface area contributed by atoms with Gasteiger partial charge in [-0.15, -0.1) is 24.0 Å². The quantitative estimate of drug-likeness (QED) is 0.256. The van der Waals surface area contributed by atoms with Crippen molar-refractivity contribution < 1.29 is 9.84 Å². The Morgan fingerprint density at radius 2 is 1.76 bits per heavy atom. The summed E-state index contributed by atoms with van der Waals surface area (Å²) >= 11 is 0. The lowest BCUT2D eigenvalue weighted by atomic mass is 10.0. The first-order valence-electron chi connectivity index (χ1n) is 9.99. The van der Waals surface area contributed by atoms with E-state index in [4.69, 9.17) is 9.73 Å². The molecule has 160 valence electrons. The van der Waals surface area contributed by atoms with Gasteiger partial charge in [0.2, 0.25) is 0 Å². The molecule has 1 unspecified atom stereocenters. The topological polar surface area (TPSA) is 65.9 Å². The molecule has 0 radical (unpaired) electrons. The van der Waals surface area contributed by atoms with E-state index in [-0.39, 0.29) is 42.6 Å². The van der Waals surface area contributed by atoms with Crippen LogP contribution in [0.2, 0.25) is 0 Å². The number of ether oxygens (including phenoxy) is 1. The van der Waals surface area contributed by atoms with E-state index in [1.807, 2.05) is 57.2 Å². The van der Waals surface area contributed by atoms with E-state index < -0.39 is 0 Å². The number of nitrogens with zero attached hydrogens (tertiary/aromatic N) is 1. The van der Waals surface area contributed by atoms with Gasteiger partial charge in [0, 0.05) is 19.0 Å². The van der Waals surface area contributed by atoms with Gasteiger partial charge in [-0.3, -0.25) is 0 Å². The van der Waals surface area contributed by atoms with Crippen molar-refractivity contribution in [2.45, 2.75) is 45.9 Å². The summed E-state index contributed by atoms with van der Waals surface area (Å²) in [4.78, 5) is 4.69. The lowest BCUT2D eigenvalue weighted by Gasteiger charge is -2.18. The van der Waals surface area contributed by atoms with Gasteiger partial charge in [-0.25, -0.2) is 4.99 Å². The molecule has 2 aromatic rings. The summed E-state index contributed by atoms with van der Waals surface area (Å²) in [7, 11) is 0. The Balaban J connectivity index is 0.00000420. The summed E-state index contributed by atoms with van der Waals surface area (Å²) in [6, 6.07) is 18.4. The number of guanidine groups is 1. The summed E-state index contributed by atoms with van der Waals surface area (Å²) in [5, 5.41) is 16.4. The van der Waals surface area contributed by atoms with Crippen molar-refractivity contribution in [1.29, 1.82) is 0 Å². The van der Waals surface area contributed by atoms with Crippen LogP contribution in [0.1, 0.15) is 43.4 Å². The first kappa shape index (κ1) is 25.4. The molecule has 0 aliphatic heterocycles. The van der Waals surface area contributed by atoms with Crippen LogP contribution in [0.5, 0.6) is 0 Å². The highest BCUT2D eigenvalue weighted by atomic mass is 127. The minimum absolute atomic E-state index is 0. The van der Waals surface area contributed by atoms with Crippen LogP contribution in [0.4, 0.5) is 0 Å². The number of nitrogens with one attached hydrogen (secondary N) is 2. The Morgan fingerprint density at radius 1 is 1.03 bits per heavy atom. The average Bonchev–Trinajstić information content (AvgIpc) is 2.72. The zero-order valence-electron chi connectivity index (χ0n) is 17.6. The summed E-state index contributed by atoms with van der Waals surface area (Å²) in [5.41, 5.74) is 3.42. The monoisotopic (exact) mass is 511 g/mol. The van der Waals surface area contributed by atoms with E-state index in [2.05, 4.69) is 28.8 Å². The summed E-state index contributed by atoms with van der Waals surface area (Å²) in [5.74, 6) is 0.780. The minimum atomic E-state index is 0. The van der Waals surface area contributed by atoms with Crippen LogP contribution in [0.25, 0.3) is 0 Å². The SMILES string of the molecule is CCNC(=NCc1cccc(COC(C)C)c1)NCC(CO)c1ccccc1.I. The molecule has 0 amide bonds. The molecule has 0 heterocycles. The Labute approximate surface area is 192 Å². The lowest BCUT2D eigenvalue weighted by Crippen LogP contribution is -2.39. The largest absolute Gasteiger partial charge is 0.396 e. The highest BCUT2D eigenvalue weighted by Gasteiger charge is 2.10. The second kappa shape index (κ2) is 14.4. The zero-order valence-corrected chi connectivity index (χ0v) is 19.9. The molecule has 29 heavy (non-hydrogen) atoms. The van der Waals surface area contributed by atoms with Gasteiger partial charge in [-0.1, -0.05) is 54.6 Å². The van der Waals surface area contributed by atoms with Crippen LogP contribution in [-0.4, -0.2) is 36.9 Å². The van der Waals surface area contributed by atoms with E-state index in [0.717, 1.165) is 29.2 Å². The number of benzene rings is 2. The third-order valence-electron chi connectivity index (χ3n) is 4.35. The molecular weight excluding hydrogens is 477 g/mol. The fourth-order valence-electron chi connectivity index (χ4n) is 2.83. The number of halogens is 1. The van der Waals surface area contributed by atoms with Gasteiger partial charge in [0.1, 0.15) is 0 Å². The molecule has 0 saturated heterocycles. The van der Waals surface area contributed by atoms with Crippen molar-refractivity contribution in [3.05, 3.63) is 71.3 Å². The molecule has 0 bridgehead atoms. The van der Waals surface area contributed by atoms with Gasteiger partial charge in [0.25, 0.3) is 0 Å². The fraction of sp³-hybridized carbons (Fsp3) is 0.435. The summed E-state index contributed by atoms with van der Waals surface area (Å²) < 4.78 is 5.68. The molecule has 0 spiro atoms. The van der Waals surface area contributed by atoms with Gasteiger partial charge in [0.05, 0.1) is 25.9 Å². The van der Waals surface area contributed by atoms with Crippen LogP contribution in [0.3, 0.4) is 0 Å². The van der Waals surface area contributed by atoms with Crippen molar-refractivity contribution in [2.24, 2.45) is 4.99 Å². The molecule has 2 rings (SSSR count). The third-order valence-corrected chi connectivity index (χ3v) is 4.35. The maximum Gasteiger partial charge on any atom is 0.191 e. The van der Waals surface area contributed by atoms with Crippen molar-refractivity contribution in [1.82, 2.24) is 10.6 Å². The molecule has 0 aliphatic rings. The van der Waals surface area contributed by atoms with Crippen LogP contribution in [0, 0.1) is 0 Å². The number of aliphatic imine (C=N–C) groups is 1. The van der Waals surface area contributed by atoms with Gasteiger partial charge >= 0.3 is 0 Å². The molecule has 1 atom stereocenters. The molecule has 2 aromatic carbocycles. The highest BCUT2D eigenvalue weighted by molar-refractivity contribution is 14.0. The predicted molar refractivity (Wildman–Crippen MR) is 131 cm³/mol. The fourth-order valence-corrected chi connectivity index (χ4v) is 2.83. The number of aliphatic hydroxyl groups excluding tert-OH is 1. The van der Waals surface area contributed by atoms with Gasteiger partial charge in [0.15, 0.2) is 5.96 Å². The second-order valence-corrected chi connectivity index (χ2v) is 7.05. The predicted octanol–water partition coefficient (Wildman–Crippen LogP) is 4.06. The smallest absolute Gasteiger partial charge is 0.191 e. The third kappa shape index (κ3) is 9.60. The normalized spacial score (nSPS) is 12.4. The molecule has 6 heteroatoms. The number of hydrogen-bond donors (Lipinski definition) is 3. The van der Waals surface area contributed by atoms with Crippen molar-refractivity contribution in [3.8, 4) is 0 Å². The molecule has 0 aromatic heterocycles. The number of aliphatic hydroxyl groups is 1. The second-order valence-electron chi connectivity index (χ2n) is 7.05. The Morgan fingerprint density at radius 3 is 2.41 bits per heavy atom. The standard InChI is InChI=1S/C23H33N3O2.HI/c1-4-24-23(26-15-22(16-27)21-11-6-5-7-12-21)25-14-19-9-8-10-20(13-19)17-28-18(2)3;/h5-13,18,22,27H,4,14-17H2,1-3H3,(H2,24,25,26);1H. The maximum absolute atomic E-state index is 9.74.